The van der Waals surface area contributed by atoms with Crippen molar-refractivity contribution >= 4 is 92.8 Å². The van der Waals surface area contributed by atoms with Crippen LogP contribution in [0.4, 0.5) is 0 Å². The molecule has 3 unspecified atom stereocenters. The van der Waals surface area contributed by atoms with Gasteiger partial charge in [-0.25, -0.2) is 0 Å². The van der Waals surface area contributed by atoms with Gasteiger partial charge in [0.2, 0.25) is 0 Å². The summed E-state index contributed by atoms with van der Waals surface area (Å²) in [6.45, 7) is 0. The Balaban J connectivity index is 2.21. The van der Waals surface area contributed by atoms with E-state index in [1.54, 1.807) is 0 Å². The number of hydrogen-bond acceptors (Lipinski definition) is 0. The van der Waals surface area contributed by atoms with Crippen LogP contribution >= 0.6 is 92.8 Å². The van der Waals surface area contributed by atoms with Crippen LogP contribution in [-0.2, 0) is 0 Å². The van der Waals surface area contributed by atoms with Crippen molar-refractivity contribution in [1.82, 2.24) is 0 Å². The maximum Gasteiger partial charge on any atom is 0.150 e. The first-order chi connectivity index (χ1) is 8.17. The molecular weight excluding hydrogens is 404 g/mol. The Morgan fingerprint density at radius 1 is 0.833 bits per heavy atom. The third-order valence-electron chi connectivity index (χ3n) is 4.26. The van der Waals surface area contributed by atoms with Gasteiger partial charge in [0, 0.05) is 16.9 Å². The lowest BCUT2D eigenvalue weighted by molar-refractivity contribution is 0.374. The highest BCUT2D eigenvalue weighted by molar-refractivity contribution is 6.60. The number of fused-ring (bicyclic) bond motifs is 5. The van der Waals surface area contributed by atoms with Crippen LogP contribution in [0.25, 0.3) is 0 Å². The second-order valence-electron chi connectivity index (χ2n) is 4.91. The summed E-state index contributed by atoms with van der Waals surface area (Å²) in [5.74, 6) is -0.884. The van der Waals surface area contributed by atoms with Crippen molar-refractivity contribution in [2.75, 3.05) is 0 Å². The van der Waals surface area contributed by atoms with Gasteiger partial charge in [-0.1, -0.05) is 46.4 Å². The monoisotopic (exact) mass is 406 g/mol. The van der Waals surface area contributed by atoms with E-state index in [9.17, 15) is 0 Å². The summed E-state index contributed by atoms with van der Waals surface area (Å²) in [4.78, 5) is -1.21. The SMILES string of the molecule is ClC1=C(Cl)C2(Cl)C3C([C@@H](Cl)[C@H](Cl)[C@H]3Cl)[C@@H]1C2(Cl)Cl. The van der Waals surface area contributed by atoms with Crippen molar-refractivity contribution in [1.29, 1.82) is 0 Å². The highest BCUT2D eigenvalue weighted by atomic mass is 35.5. The highest BCUT2D eigenvalue weighted by Crippen LogP contribution is 2.76. The summed E-state index contributed by atoms with van der Waals surface area (Å²) in [5, 5.41) is -0.613. The Kier molecular flexibility index (Phi) is 3.57. The molecule has 0 aromatic rings. The predicted molar refractivity (Wildman–Crippen MR) is 81.1 cm³/mol. The topological polar surface area (TPSA) is 0 Å². The van der Waals surface area contributed by atoms with Gasteiger partial charge >= 0.3 is 0 Å². The lowest BCUT2D eigenvalue weighted by Crippen LogP contribution is -2.44. The van der Waals surface area contributed by atoms with Crippen molar-refractivity contribution in [3.05, 3.63) is 10.1 Å². The molecule has 102 valence electrons. The molecule has 7 atom stereocenters. The van der Waals surface area contributed by atoms with Crippen LogP contribution in [0.1, 0.15) is 0 Å². The van der Waals surface area contributed by atoms with Crippen LogP contribution in [0.2, 0.25) is 0 Å². The van der Waals surface area contributed by atoms with E-state index < -0.39 is 25.9 Å². The third kappa shape index (κ3) is 1.41. The quantitative estimate of drug-likeness (QED) is 0.461. The normalized spacial score (nSPS) is 57.3. The molecule has 2 fully saturated rings. The lowest BCUT2D eigenvalue weighted by atomic mass is 9.85. The summed E-state index contributed by atoms with van der Waals surface area (Å²) in [7, 11) is 0. The molecule has 0 saturated heterocycles. The lowest BCUT2D eigenvalue weighted by Gasteiger charge is -2.35. The zero-order chi connectivity index (χ0) is 13.6. The Hall–Kier alpha value is 2.06. The number of halogens is 8. The summed E-state index contributed by atoms with van der Waals surface area (Å²) in [6.07, 6.45) is 0. The molecule has 0 amide bonds. The van der Waals surface area contributed by atoms with E-state index >= 15 is 0 Å². The van der Waals surface area contributed by atoms with E-state index in [1.165, 1.54) is 0 Å². The molecule has 0 N–H and O–H groups in total. The van der Waals surface area contributed by atoms with Crippen LogP contribution in [0.3, 0.4) is 0 Å². The number of allylic oxidation sites excluding steroid dienone is 2. The van der Waals surface area contributed by atoms with Crippen molar-refractivity contribution in [2.24, 2.45) is 17.8 Å². The first-order valence-electron chi connectivity index (χ1n) is 5.22. The molecule has 3 rings (SSSR count). The molecule has 3 aliphatic rings. The summed E-state index contributed by atoms with van der Waals surface area (Å²) in [6, 6.07) is 0. The number of alkyl halides is 6. The van der Waals surface area contributed by atoms with Gasteiger partial charge in [0.25, 0.3) is 0 Å². The molecule has 0 aromatic carbocycles. The molecule has 0 heterocycles. The van der Waals surface area contributed by atoms with Crippen LogP contribution in [0, 0.1) is 17.8 Å². The fraction of sp³-hybridized carbons (Fsp3) is 0.800. The molecule has 0 radical (unpaired) electrons. The fourth-order valence-electron chi connectivity index (χ4n) is 3.49. The van der Waals surface area contributed by atoms with E-state index in [4.69, 9.17) is 92.8 Å². The molecule has 0 aromatic heterocycles. The zero-order valence-corrected chi connectivity index (χ0v) is 14.5. The smallest absolute Gasteiger partial charge is 0.121 e. The van der Waals surface area contributed by atoms with Gasteiger partial charge in [-0.15, -0.1) is 46.4 Å². The minimum absolute atomic E-state index is 0.167. The van der Waals surface area contributed by atoms with Gasteiger partial charge in [-0.05, 0) is 5.92 Å². The van der Waals surface area contributed by atoms with Crippen molar-refractivity contribution in [2.45, 2.75) is 25.3 Å². The molecule has 0 spiro atoms. The molecule has 2 saturated carbocycles. The Morgan fingerprint density at radius 2 is 1.39 bits per heavy atom. The zero-order valence-electron chi connectivity index (χ0n) is 8.49. The van der Waals surface area contributed by atoms with Crippen molar-refractivity contribution in [3.8, 4) is 0 Å². The Bertz CT molecular complexity index is 445. The minimum Gasteiger partial charge on any atom is -0.121 e. The van der Waals surface area contributed by atoms with E-state index in [0.717, 1.165) is 0 Å². The van der Waals surface area contributed by atoms with Crippen LogP contribution in [0.15, 0.2) is 10.1 Å². The van der Waals surface area contributed by atoms with Gasteiger partial charge in [0.15, 0.2) is 4.33 Å². The fourth-order valence-corrected chi connectivity index (χ4v) is 7.49. The second kappa shape index (κ2) is 4.29. The first-order valence-corrected chi connectivity index (χ1v) is 8.41. The Morgan fingerprint density at radius 3 is 1.94 bits per heavy atom. The van der Waals surface area contributed by atoms with E-state index in [1.807, 2.05) is 0 Å². The molecular formula is C10H6Cl8. The first kappa shape index (κ1) is 15.0. The predicted octanol–water partition coefficient (Wildman–Crippen LogP) is 5.54. The van der Waals surface area contributed by atoms with Gasteiger partial charge in [-0.2, -0.15) is 0 Å². The molecule has 0 aliphatic heterocycles. The van der Waals surface area contributed by atoms with E-state index in [-0.39, 0.29) is 22.2 Å². The van der Waals surface area contributed by atoms with Crippen molar-refractivity contribution < 1.29 is 0 Å². The van der Waals surface area contributed by atoms with Gasteiger partial charge in [0.05, 0.1) is 21.2 Å². The summed E-state index contributed by atoms with van der Waals surface area (Å²) >= 11 is 50.7. The largest absolute Gasteiger partial charge is 0.150 e. The van der Waals surface area contributed by atoms with Crippen LogP contribution in [-0.4, -0.2) is 25.3 Å². The van der Waals surface area contributed by atoms with E-state index in [0.29, 0.717) is 5.03 Å². The Labute approximate surface area is 145 Å². The minimum atomic E-state index is -1.31. The molecule has 18 heavy (non-hydrogen) atoms. The second-order valence-corrected chi connectivity index (χ2v) is 9.19. The average molecular weight is 410 g/mol. The molecule has 3 aliphatic carbocycles. The van der Waals surface area contributed by atoms with Crippen LogP contribution in [0.5, 0.6) is 0 Å². The van der Waals surface area contributed by atoms with E-state index in [2.05, 4.69) is 0 Å². The maximum absolute atomic E-state index is 6.62. The summed E-state index contributed by atoms with van der Waals surface area (Å²) < 4.78 is -1.31. The standard InChI is InChI=1S/C10H6Cl8/c11-4-1-2(5(12)7(4)14)9(16)8(15)6(13)3(1)10(9,17)18/h1-5,7H/t1?,2?,3-,4+,5-,7-,9?/m0/s1. The van der Waals surface area contributed by atoms with Crippen molar-refractivity contribution in [3.63, 3.8) is 0 Å². The third-order valence-corrected chi connectivity index (χ3v) is 9.28. The molecule has 2 bridgehead atoms. The summed E-state index contributed by atoms with van der Waals surface area (Å²) in [5.41, 5.74) is 0. The molecule has 0 nitrogen and oxygen atoms in total. The maximum atomic E-state index is 6.62. The van der Waals surface area contributed by atoms with Gasteiger partial charge in [0.1, 0.15) is 4.87 Å². The highest BCUT2D eigenvalue weighted by Gasteiger charge is 2.79. The molecule has 8 heteroatoms. The van der Waals surface area contributed by atoms with Gasteiger partial charge < -0.3 is 0 Å². The van der Waals surface area contributed by atoms with Gasteiger partial charge in [-0.3, -0.25) is 0 Å². The number of hydrogen-bond donors (Lipinski definition) is 0. The van der Waals surface area contributed by atoms with Crippen LogP contribution < -0.4 is 0 Å². The number of rotatable bonds is 0. The average Bonchev–Trinajstić information content (AvgIpc) is 2.67.